The summed E-state index contributed by atoms with van der Waals surface area (Å²) in [6.45, 7) is 8.65. The molecule has 0 N–H and O–H groups in total. The van der Waals surface area contributed by atoms with Crippen LogP contribution < -0.4 is 0 Å². The maximum absolute atomic E-state index is 5.72. The van der Waals surface area contributed by atoms with Gasteiger partial charge in [-0.25, -0.2) is 0 Å². The van der Waals surface area contributed by atoms with Crippen LogP contribution in [0.25, 0.3) is 0 Å². The second-order valence-electron chi connectivity index (χ2n) is 5.00. The molecule has 0 spiro atoms. The minimum absolute atomic E-state index is 0.667. The Hall–Kier alpha value is 0.440. The fourth-order valence-corrected chi connectivity index (χ4v) is 2.57. The topological polar surface area (TPSA) is 9.23 Å². The van der Waals surface area contributed by atoms with Gasteiger partial charge in [-0.2, -0.15) is 0 Å². The van der Waals surface area contributed by atoms with Crippen LogP contribution in [0.3, 0.4) is 0 Å². The van der Waals surface area contributed by atoms with Crippen LogP contribution in [0.1, 0.15) is 59.3 Å². The SMILES string of the molecule is CCCCCCCCOCC(CBr)C(C)C. The van der Waals surface area contributed by atoms with Gasteiger partial charge in [-0.3, -0.25) is 0 Å². The molecule has 0 radical (unpaired) electrons. The summed E-state index contributed by atoms with van der Waals surface area (Å²) in [6, 6.07) is 0. The Balaban J connectivity index is 3.19. The van der Waals surface area contributed by atoms with Gasteiger partial charge < -0.3 is 4.74 Å². The molecule has 0 aromatic rings. The van der Waals surface area contributed by atoms with Gasteiger partial charge in [0.25, 0.3) is 0 Å². The van der Waals surface area contributed by atoms with Crippen molar-refractivity contribution in [3.05, 3.63) is 0 Å². The Morgan fingerprint density at radius 2 is 1.62 bits per heavy atom. The minimum Gasteiger partial charge on any atom is -0.381 e. The van der Waals surface area contributed by atoms with E-state index in [1.807, 2.05) is 0 Å². The van der Waals surface area contributed by atoms with E-state index in [1.54, 1.807) is 0 Å². The molecule has 0 heterocycles. The number of ether oxygens (including phenoxy) is 1. The molecular weight excluding hydrogens is 264 g/mol. The monoisotopic (exact) mass is 292 g/mol. The van der Waals surface area contributed by atoms with E-state index < -0.39 is 0 Å². The highest BCUT2D eigenvalue weighted by Gasteiger charge is 2.11. The highest BCUT2D eigenvalue weighted by Crippen LogP contribution is 2.14. The van der Waals surface area contributed by atoms with Crippen molar-refractivity contribution in [2.75, 3.05) is 18.5 Å². The zero-order valence-corrected chi connectivity index (χ0v) is 12.9. The van der Waals surface area contributed by atoms with Gasteiger partial charge in [-0.05, 0) is 18.3 Å². The molecule has 16 heavy (non-hydrogen) atoms. The van der Waals surface area contributed by atoms with Gasteiger partial charge in [0.05, 0.1) is 6.61 Å². The van der Waals surface area contributed by atoms with Gasteiger partial charge in [-0.15, -0.1) is 0 Å². The maximum Gasteiger partial charge on any atom is 0.0504 e. The van der Waals surface area contributed by atoms with Crippen LogP contribution in [0.15, 0.2) is 0 Å². The average Bonchev–Trinajstić information content (AvgIpc) is 2.26. The molecule has 0 bridgehead atoms. The first-order chi connectivity index (χ1) is 7.72. The van der Waals surface area contributed by atoms with Crippen molar-refractivity contribution in [1.29, 1.82) is 0 Å². The standard InChI is InChI=1S/C14H29BrO/c1-4-5-6-7-8-9-10-16-12-14(11-15)13(2)3/h13-14H,4-12H2,1-3H3. The third kappa shape index (κ3) is 9.65. The van der Waals surface area contributed by atoms with Crippen LogP contribution >= 0.6 is 15.9 Å². The summed E-state index contributed by atoms with van der Waals surface area (Å²) < 4.78 is 5.72. The molecule has 0 aromatic heterocycles. The first kappa shape index (κ1) is 16.4. The number of alkyl halides is 1. The highest BCUT2D eigenvalue weighted by molar-refractivity contribution is 9.09. The molecule has 1 unspecified atom stereocenters. The zero-order valence-electron chi connectivity index (χ0n) is 11.3. The summed E-state index contributed by atoms with van der Waals surface area (Å²) in [6.07, 6.45) is 8.06. The Kier molecular flexibility index (Phi) is 12.2. The van der Waals surface area contributed by atoms with Crippen molar-refractivity contribution in [3.63, 3.8) is 0 Å². The molecule has 0 rings (SSSR count). The normalized spacial score (nSPS) is 13.3. The molecule has 0 fully saturated rings. The Bertz CT molecular complexity index is 137. The van der Waals surface area contributed by atoms with Gasteiger partial charge in [0, 0.05) is 11.9 Å². The second kappa shape index (κ2) is 11.9. The number of hydrogen-bond acceptors (Lipinski definition) is 1. The summed E-state index contributed by atoms with van der Waals surface area (Å²) in [7, 11) is 0. The summed E-state index contributed by atoms with van der Waals surface area (Å²) >= 11 is 3.55. The van der Waals surface area contributed by atoms with Crippen LogP contribution in [0.2, 0.25) is 0 Å². The van der Waals surface area contributed by atoms with Gasteiger partial charge in [-0.1, -0.05) is 68.8 Å². The van der Waals surface area contributed by atoms with Crippen molar-refractivity contribution in [1.82, 2.24) is 0 Å². The second-order valence-corrected chi connectivity index (χ2v) is 5.65. The number of halogens is 1. The van der Waals surface area contributed by atoms with Gasteiger partial charge in [0.1, 0.15) is 0 Å². The fraction of sp³-hybridized carbons (Fsp3) is 1.00. The minimum atomic E-state index is 0.667. The lowest BCUT2D eigenvalue weighted by atomic mass is 9.99. The first-order valence-corrected chi connectivity index (χ1v) is 7.98. The van der Waals surface area contributed by atoms with E-state index in [-0.39, 0.29) is 0 Å². The molecule has 0 aliphatic carbocycles. The molecule has 0 aliphatic heterocycles. The van der Waals surface area contributed by atoms with E-state index in [4.69, 9.17) is 4.74 Å². The quantitative estimate of drug-likeness (QED) is 0.383. The smallest absolute Gasteiger partial charge is 0.0504 e. The van der Waals surface area contributed by atoms with Crippen LogP contribution in [-0.2, 0) is 4.74 Å². The maximum atomic E-state index is 5.72. The molecule has 1 atom stereocenters. The number of hydrogen-bond donors (Lipinski definition) is 0. The molecule has 0 aliphatic rings. The molecular formula is C14H29BrO. The fourth-order valence-electron chi connectivity index (χ4n) is 1.63. The van der Waals surface area contributed by atoms with Crippen molar-refractivity contribution in [3.8, 4) is 0 Å². The molecule has 2 heteroatoms. The lowest BCUT2D eigenvalue weighted by Crippen LogP contribution is -2.17. The molecule has 98 valence electrons. The van der Waals surface area contributed by atoms with Gasteiger partial charge in [0.15, 0.2) is 0 Å². The van der Waals surface area contributed by atoms with Crippen molar-refractivity contribution < 1.29 is 4.74 Å². The Morgan fingerprint density at radius 3 is 2.19 bits per heavy atom. The summed E-state index contributed by atoms with van der Waals surface area (Å²) in [5.41, 5.74) is 0. The van der Waals surface area contributed by atoms with Crippen LogP contribution in [-0.4, -0.2) is 18.5 Å². The number of rotatable bonds is 11. The van der Waals surface area contributed by atoms with E-state index in [9.17, 15) is 0 Å². The zero-order chi connectivity index (χ0) is 12.2. The molecule has 0 aromatic carbocycles. The van der Waals surface area contributed by atoms with E-state index >= 15 is 0 Å². The molecule has 0 saturated heterocycles. The van der Waals surface area contributed by atoms with Crippen molar-refractivity contribution >= 4 is 15.9 Å². The van der Waals surface area contributed by atoms with E-state index in [2.05, 4.69) is 36.7 Å². The van der Waals surface area contributed by atoms with Crippen molar-refractivity contribution in [2.45, 2.75) is 59.3 Å². The van der Waals surface area contributed by atoms with Crippen LogP contribution in [0.5, 0.6) is 0 Å². The van der Waals surface area contributed by atoms with Gasteiger partial charge >= 0.3 is 0 Å². The largest absolute Gasteiger partial charge is 0.381 e. The molecule has 1 nitrogen and oxygen atoms in total. The predicted octanol–water partition coefficient (Wildman–Crippen LogP) is 5.03. The Labute approximate surface area is 110 Å². The van der Waals surface area contributed by atoms with E-state index in [0.717, 1.165) is 18.5 Å². The third-order valence-electron chi connectivity index (χ3n) is 3.12. The van der Waals surface area contributed by atoms with E-state index in [0.29, 0.717) is 11.8 Å². The number of unbranched alkanes of at least 4 members (excludes halogenated alkanes) is 5. The lowest BCUT2D eigenvalue weighted by molar-refractivity contribution is 0.0888. The summed E-state index contributed by atoms with van der Waals surface area (Å²) in [5.74, 6) is 1.38. The van der Waals surface area contributed by atoms with Crippen LogP contribution in [0.4, 0.5) is 0 Å². The first-order valence-electron chi connectivity index (χ1n) is 6.86. The highest BCUT2D eigenvalue weighted by atomic mass is 79.9. The lowest BCUT2D eigenvalue weighted by Gasteiger charge is -2.17. The third-order valence-corrected chi connectivity index (χ3v) is 3.95. The van der Waals surface area contributed by atoms with Crippen molar-refractivity contribution in [2.24, 2.45) is 11.8 Å². The van der Waals surface area contributed by atoms with Crippen LogP contribution in [0, 0.1) is 11.8 Å². The summed E-state index contributed by atoms with van der Waals surface area (Å²) in [5, 5.41) is 1.06. The van der Waals surface area contributed by atoms with Gasteiger partial charge in [0.2, 0.25) is 0 Å². The summed E-state index contributed by atoms with van der Waals surface area (Å²) in [4.78, 5) is 0. The Morgan fingerprint density at radius 1 is 1.00 bits per heavy atom. The van der Waals surface area contributed by atoms with E-state index in [1.165, 1.54) is 38.5 Å². The predicted molar refractivity (Wildman–Crippen MR) is 76.3 cm³/mol. The molecule has 0 saturated carbocycles. The average molecular weight is 293 g/mol. The molecule has 0 amide bonds.